The molecule has 2 rings (SSSR count). The van der Waals surface area contributed by atoms with E-state index in [9.17, 15) is 0 Å². The molecule has 2 heteroatoms. The normalized spacial score (nSPS) is 34.6. The molecule has 1 aliphatic heterocycles. The Hall–Kier alpha value is -0.340. The van der Waals surface area contributed by atoms with Crippen LogP contribution in [-0.4, -0.2) is 19.0 Å². The molecule has 2 fully saturated rings. The molecule has 2 atom stereocenters. The summed E-state index contributed by atoms with van der Waals surface area (Å²) in [4.78, 5) is 0. The molecule has 1 saturated carbocycles. The van der Waals surface area contributed by atoms with E-state index in [4.69, 9.17) is 9.47 Å². The third-order valence-electron chi connectivity index (χ3n) is 4.01. The van der Waals surface area contributed by atoms with Gasteiger partial charge in [0.15, 0.2) is 5.79 Å². The van der Waals surface area contributed by atoms with E-state index < -0.39 is 0 Å². The standard InChI is InChI=1S/C14H24O2/c1-10(2)13-6-5-11(3)7-14(13)15-8-12(4)9-16-14/h10-11,13H,4-9H2,1-3H3. The van der Waals surface area contributed by atoms with Crippen LogP contribution in [0.5, 0.6) is 0 Å². The predicted octanol–water partition coefficient (Wildman–Crippen LogP) is 3.38. The van der Waals surface area contributed by atoms with Crippen molar-refractivity contribution < 1.29 is 9.47 Å². The highest BCUT2D eigenvalue weighted by molar-refractivity contribution is 5.01. The van der Waals surface area contributed by atoms with Gasteiger partial charge in [-0.2, -0.15) is 0 Å². The van der Waals surface area contributed by atoms with Gasteiger partial charge in [-0.1, -0.05) is 33.8 Å². The minimum absolute atomic E-state index is 0.312. The van der Waals surface area contributed by atoms with Crippen molar-refractivity contribution in [1.29, 1.82) is 0 Å². The smallest absolute Gasteiger partial charge is 0.172 e. The van der Waals surface area contributed by atoms with E-state index in [0.29, 0.717) is 31.0 Å². The fourth-order valence-electron chi connectivity index (χ4n) is 3.13. The van der Waals surface area contributed by atoms with Crippen LogP contribution in [0.3, 0.4) is 0 Å². The van der Waals surface area contributed by atoms with Crippen LogP contribution in [0.2, 0.25) is 0 Å². The Morgan fingerprint density at radius 3 is 2.44 bits per heavy atom. The van der Waals surface area contributed by atoms with Gasteiger partial charge in [0.2, 0.25) is 0 Å². The highest BCUT2D eigenvalue weighted by Crippen LogP contribution is 2.45. The topological polar surface area (TPSA) is 18.5 Å². The molecule has 1 spiro atoms. The van der Waals surface area contributed by atoms with Gasteiger partial charge in [-0.05, 0) is 23.8 Å². The van der Waals surface area contributed by atoms with Crippen LogP contribution in [0.25, 0.3) is 0 Å². The van der Waals surface area contributed by atoms with Gasteiger partial charge in [-0.15, -0.1) is 0 Å². The molecular formula is C14H24O2. The van der Waals surface area contributed by atoms with Crippen LogP contribution in [0.1, 0.15) is 40.0 Å². The van der Waals surface area contributed by atoms with Crippen molar-refractivity contribution in [2.45, 2.75) is 45.8 Å². The summed E-state index contributed by atoms with van der Waals surface area (Å²) in [5.41, 5.74) is 1.06. The van der Waals surface area contributed by atoms with Crippen molar-refractivity contribution in [1.82, 2.24) is 0 Å². The Morgan fingerprint density at radius 2 is 1.88 bits per heavy atom. The zero-order valence-corrected chi connectivity index (χ0v) is 10.8. The maximum Gasteiger partial charge on any atom is 0.172 e. The first-order valence-corrected chi connectivity index (χ1v) is 6.48. The Kier molecular flexibility index (Phi) is 3.41. The monoisotopic (exact) mass is 224 g/mol. The lowest BCUT2D eigenvalue weighted by atomic mass is 9.72. The second kappa shape index (κ2) is 4.50. The molecule has 2 aliphatic rings. The van der Waals surface area contributed by atoms with Crippen molar-refractivity contribution >= 4 is 0 Å². The van der Waals surface area contributed by atoms with Crippen molar-refractivity contribution in [2.24, 2.45) is 17.8 Å². The minimum atomic E-state index is -0.312. The zero-order chi connectivity index (χ0) is 11.8. The fourth-order valence-corrected chi connectivity index (χ4v) is 3.13. The number of ether oxygens (including phenoxy) is 2. The zero-order valence-electron chi connectivity index (χ0n) is 10.8. The lowest BCUT2D eigenvalue weighted by molar-refractivity contribution is -0.303. The van der Waals surface area contributed by atoms with Gasteiger partial charge < -0.3 is 9.47 Å². The van der Waals surface area contributed by atoms with E-state index in [1.54, 1.807) is 0 Å². The van der Waals surface area contributed by atoms with E-state index in [0.717, 1.165) is 12.0 Å². The van der Waals surface area contributed by atoms with Crippen LogP contribution in [0, 0.1) is 17.8 Å². The summed E-state index contributed by atoms with van der Waals surface area (Å²) in [5.74, 6) is 1.56. The molecule has 1 saturated heterocycles. The molecule has 0 amide bonds. The van der Waals surface area contributed by atoms with E-state index in [1.807, 2.05) is 0 Å². The first-order chi connectivity index (χ1) is 7.53. The molecule has 16 heavy (non-hydrogen) atoms. The SMILES string of the molecule is C=C1COC2(CC(C)CCC2C(C)C)OC1. The average Bonchev–Trinajstić information content (AvgIpc) is 2.22. The maximum absolute atomic E-state index is 6.04. The molecule has 0 aromatic rings. The Balaban J connectivity index is 2.15. The highest BCUT2D eigenvalue weighted by atomic mass is 16.7. The maximum atomic E-state index is 6.04. The van der Waals surface area contributed by atoms with Crippen LogP contribution < -0.4 is 0 Å². The highest BCUT2D eigenvalue weighted by Gasteiger charge is 2.47. The van der Waals surface area contributed by atoms with Crippen molar-refractivity contribution in [3.63, 3.8) is 0 Å². The summed E-state index contributed by atoms with van der Waals surface area (Å²) < 4.78 is 12.1. The first-order valence-electron chi connectivity index (χ1n) is 6.48. The fraction of sp³-hybridized carbons (Fsp3) is 0.857. The Labute approximate surface area is 99.0 Å². The number of hydrogen-bond acceptors (Lipinski definition) is 2. The van der Waals surface area contributed by atoms with Gasteiger partial charge >= 0.3 is 0 Å². The minimum Gasteiger partial charge on any atom is -0.345 e. The van der Waals surface area contributed by atoms with Crippen molar-refractivity contribution in [3.05, 3.63) is 12.2 Å². The molecule has 2 unspecified atom stereocenters. The summed E-state index contributed by atoms with van der Waals surface area (Å²) >= 11 is 0. The second-order valence-electron chi connectivity index (χ2n) is 5.88. The summed E-state index contributed by atoms with van der Waals surface area (Å²) in [6.07, 6.45) is 3.58. The van der Waals surface area contributed by atoms with Crippen LogP contribution in [-0.2, 0) is 9.47 Å². The van der Waals surface area contributed by atoms with Crippen LogP contribution >= 0.6 is 0 Å². The van der Waals surface area contributed by atoms with E-state index in [1.165, 1.54) is 12.8 Å². The first kappa shape index (κ1) is 12.1. The molecular weight excluding hydrogens is 200 g/mol. The van der Waals surface area contributed by atoms with Crippen LogP contribution in [0.15, 0.2) is 12.2 Å². The summed E-state index contributed by atoms with van der Waals surface area (Å²) in [5, 5.41) is 0. The molecule has 0 radical (unpaired) electrons. The molecule has 0 N–H and O–H groups in total. The van der Waals surface area contributed by atoms with Gasteiger partial charge in [0.1, 0.15) is 0 Å². The van der Waals surface area contributed by atoms with Gasteiger partial charge in [0.05, 0.1) is 13.2 Å². The van der Waals surface area contributed by atoms with E-state index in [-0.39, 0.29) is 5.79 Å². The number of rotatable bonds is 1. The third kappa shape index (κ3) is 2.18. The average molecular weight is 224 g/mol. The lowest BCUT2D eigenvalue weighted by Crippen LogP contribution is -2.52. The molecule has 1 heterocycles. The van der Waals surface area contributed by atoms with E-state index >= 15 is 0 Å². The molecule has 0 bridgehead atoms. The largest absolute Gasteiger partial charge is 0.345 e. The van der Waals surface area contributed by atoms with Crippen molar-refractivity contribution in [3.8, 4) is 0 Å². The van der Waals surface area contributed by atoms with Gasteiger partial charge in [0.25, 0.3) is 0 Å². The van der Waals surface area contributed by atoms with E-state index in [2.05, 4.69) is 27.4 Å². The summed E-state index contributed by atoms with van der Waals surface area (Å²) in [6, 6.07) is 0. The molecule has 92 valence electrons. The van der Waals surface area contributed by atoms with Gasteiger partial charge in [-0.3, -0.25) is 0 Å². The van der Waals surface area contributed by atoms with Crippen molar-refractivity contribution in [2.75, 3.05) is 13.2 Å². The molecule has 2 nitrogen and oxygen atoms in total. The Bertz CT molecular complexity index is 260. The molecule has 0 aromatic heterocycles. The predicted molar refractivity (Wildman–Crippen MR) is 65.1 cm³/mol. The Morgan fingerprint density at radius 1 is 1.25 bits per heavy atom. The molecule has 1 aliphatic carbocycles. The quantitative estimate of drug-likeness (QED) is 0.636. The van der Waals surface area contributed by atoms with Gasteiger partial charge in [0, 0.05) is 12.3 Å². The summed E-state index contributed by atoms with van der Waals surface area (Å²) in [6.45, 7) is 12.1. The number of hydrogen-bond donors (Lipinski definition) is 0. The van der Waals surface area contributed by atoms with Gasteiger partial charge in [-0.25, -0.2) is 0 Å². The van der Waals surface area contributed by atoms with Crippen LogP contribution in [0.4, 0.5) is 0 Å². The lowest BCUT2D eigenvalue weighted by Gasteiger charge is -2.49. The second-order valence-corrected chi connectivity index (χ2v) is 5.88. The molecule has 0 aromatic carbocycles. The summed E-state index contributed by atoms with van der Waals surface area (Å²) in [7, 11) is 0. The third-order valence-corrected chi connectivity index (χ3v) is 4.01.